The second kappa shape index (κ2) is 5.35. The van der Waals surface area contributed by atoms with Crippen LogP contribution >= 0.6 is 50.5 Å². The van der Waals surface area contributed by atoms with Crippen molar-refractivity contribution < 1.29 is 8.42 Å². The third-order valence-electron chi connectivity index (χ3n) is 2.68. The second-order valence-electron chi connectivity index (χ2n) is 3.86. The maximum atomic E-state index is 12.3. The molecule has 0 aromatic carbocycles. The van der Waals surface area contributed by atoms with E-state index in [0.29, 0.717) is 27.8 Å². The Balaban J connectivity index is 2.25. The minimum absolute atomic E-state index is 0.255. The smallest absolute Gasteiger partial charge is 0.206 e. The Morgan fingerprint density at radius 1 is 1.59 bits per heavy atom. The van der Waals surface area contributed by atoms with Gasteiger partial charge in [0.1, 0.15) is 4.21 Å². The molecule has 1 aliphatic heterocycles. The minimum atomic E-state index is -3.40. The van der Waals surface area contributed by atoms with Crippen LogP contribution in [0.4, 0.5) is 0 Å². The number of sulfonamides is 1. The SMILES string of the molecule is O=S(=O)(c1cc(Cl)c(Br)s1)N1CCC(CCl)C1. The Labute approximate surface area is 123 Å². The van der Waals surface area contributed by atoms with Crippen LogP contribution in [0.2, 0.25) is 5.02 Å². The van der Waals surface area contributed by atoms with E-state index in [2.05, 4.69) is 15.9 Å². The Morgan fingerprint density at radius 3 is 2.76 bits per heavy atom. The highest BCUT2D eigenvalue weighted by Crippen LogP contribution is 2.37. The summed E-state index contributed by atoms with van der Waals surface area (Å²) in [5.41, 5.74) is 0. The fraction of sp³-hybridized carbons (Fsp3) is 0.556. The first-order valence-electron chi connectivity index (χ1n) is 4.96. The quantitative estimate of drug-likeness (QED) is 0.755. The maximum absolute atomic E-state index is 12.3. The molecule has 2 rings (SSSR count). The monoisotopic (exact) mass is 377 g/mol. The minimum Gasteiger partial charge on any atom is -0.206 e. The normalized spacial score (nSPS) is 22.2. The molecule has 0 saturated carbocycles. The third kappa shape index (κ3) is 2.82. The number of nitrogens with zero attached hydrogens (tertiary/aromatic N) is 1. The van der Waals surface area contributed by atoms with E-state index < -0.39 is 10.0 Å². The predicted molar refractivity (Wildman–Crippen MR) is 74.6 cm³/mol. The molecule has 1 aliphatic rings. The lowest BCUT2D eigenvalue weighted by atomic mass is 10.2. The Morgan fingerprint density at radius 2 is 2.29 bits per heavy atom. The molecule has 0 spiro atoms. The van der Waals surface area contributed by atoms with Crippen molar-refractivity contribution in [2.45, 2.75) is 10.6 Å². The van der Waals surface area contributed by atoms with Crippen molar-refractivity contribution in [3.63, 3.8) is 0 Å². The standard InChI is InChI=1S/C9H10BrCl2NO2S2/c10-9-7(12)3-8(16-9)17(14,15)13-2-1-6(4-11)5-13/h3,6H,1-2,4-5H2. The van der Waals surface area contributed by atoms with Gasteiger partial charge in [-0.1, -0.05) is 11.6 Å². The van der Waals surface area contributed by atoms with Crippen LogP contribution < -0.4 is 0 Å². The highest BCUT2D eigenvalue weighted by atomic mass is 79.9. The molecule has 1 aromatic rings. The molecule has 0 amide bonds. The van der Waals surface area contributed by atoms with Gasteiger partial charge in [-0.05, 0) is 34.3 Å². The van der Waals surface area contributed by atoms with Crippen molar-refractivity contribution in [3.8, 4) is 0 Å². The molecule has 96 valence electrons. The molecule has 1 unspecified atom stereocenters. The van der Waals surface area contributed by atoms with Gasteiger partial charge in [0, 0.05) is 19.0 Å². The molecular formula is C9H10BrCl2NO2S2. The number of halogens is 3. The molecular weight excluding hydrogens is 369 g/mol. The topological polar surface area (TPSA) is 37.4 Å². The zero-order valence-corrected chi connectivity index (χ0v) is 13.4. The van der Waals surface area contributed by atoms with Crippen molar-refractivity contribution >= 4 is 60.5 Å². The number of hydrogen-bond acceptors (Lipinski definition) is 3. The maximum Gasteiger partial charge on any atom is 0.252 e. The molecule has 1 aromatic heterocycles. The van der Waals surface area contributed by atoms with Crippen LogP contribution in [0.3, 0.4) is 0 Å². The molecule has 3 nitrogen and oxygen atoms in total. The van der Waals surface area contributed by atoms with E-state index in [9.17, 15) is 8.42 Å². The summed E-state index contributed by atoms with van der Waals surface area (Å²) in [6.07, 6.45) is 0.822. The number of hydrogen-bond donors (Lipinski definition) is 0. The van der Waals surface area contributed by atoms with Gasteiger partial charge in [-0.3, -0.25) is 0 Å². The lowest BCUT2D eigenvalue weighted by Gasteiger charge is -2.14. The van der Waals surface area contributed by atoms with Crippen molar-refractivity contribution in [2.75, 3.05) is 19.0 Å². The first-order chi connectivity index (χ1) is 7.95. The van der Waals surface area contributed by atoms with Gasteiger partial charge < -0.3 is 0 Å². The molecule has 2 heterocycles. The number of rotatable bonds is 3. The highest BCUT2D eigenvalue weighted by Gasteiger charge is 2.33. The summed E-state index contributed by atoms with van der Waals surface area (Å²) >= 11 is 16.0. The van der Waals surface area contributed by atoms with E-state index in [1.807, 2.05) is 0 Å². The van der Waals surface area contributed by atoms with Gasteiger partial charge in [-0.15, -0.1) is 22.9 Å². The number of alkyl halides is 1. The van der Waals surface area contributed by atoms with Crippen LogP contribution in [-0.4, -0.2) is 31.7 Å². The van der Waals surface area contributed by atoms with E-state index >= 15 is 0 Å². The fourth-order valence-electron chi connectivity index (χ4n) is 1.72. The molecule has 0 radical (unpaired) electrons. The fourth-order valence-corrected chi connectivity index (χ4v) is 6.06. The summed E-state index contributed by atoms with van der Waals surface area (Å²) in [4.78, 5) is 0. The average molecular weight is 379 g/mol. The van der Waals surface area contributed by atoms with Crippen molar-refractivity contribution in [2.24, 2.45) is 5.92 Å². The zero-order chi connectivity index (χ0) is 12.6. The molecule has 1 saturated heterocycles. The molecule has 0 N–H and O–H groups in total. The van der Waals surface area contributed by atoms with E-state index in [-0.39, 0.29) is 10.1 Å². The Bertz CT molecular complexity index is 498. The Kier molecular flexibility index (Phi) is 4.43. The van der Waals surface area contributed by atoms with E-state index in [1.54, 1.807) is 0 Å². The van der Waals surface area contributed by atoms with Gasteiger partial charge in [-0.2, -0.15) is 4.31 Å². The van der Waals surface area contributed by atoms with Gasteiger partial charge >= 0.3 is 0 Å². The van der Waals surface area contributed by atoms with E-state index in [1.165, 1.54) is 10.4 Å². The lowest BCUT2D eigenvalue weighted by molar-refractivity contribution is 0.467. The summed E-state index contributed by atoms with van der Waals surface area (Å²) in [5.74, 6) is 0.756. The average Bonchev–Trinajstić information content (AvgIpc) is 2.87. The summed E-state index contributed by atoms with van der Waals surface area (Å²) < 4.78 is 27.0. The summed E-state index contributed by atoms with van der Waals surface area (Å²) in [7, 11) is -3.40. The molecule has 0 aliphatic carbocycles. The lowest BCUT2D eigenvalue weighted by Crippen LogP contribution is -2.28. The molecule has 1 atom stereocenters. The third-order valence-corrected chi connectivity index (χ3v) is 7.91. The number of thiophene rings is 1. The zero-order valence-electron chi connectivity index (χ0n) is 8.70. The molecule has 0 bridgehead atoms. The summed E-state index contributed by atoms with van der Waals surface area (Å²) in [5, 5.41) is 0.432. The van der Waals surface area contributed by atoms with Gasteiger partial charge in [0.25, 0.3) is 10.0 Å². The van der Waals surface area contributed by atoms with Crippen LogP contribution in [0, 0.1) is 5.92 Å². The van der Waals surface area contributed by atoms with Gasteiger partial charge in [0.15, 0.2) is 0 Å². The second-order valence-corrected chi connectivity index (χ2v) is 9.11. The summed E-state index contributed by atoms with van der Waals surface area (Å²) in [6, 6.07) is 1.49. The first kappa shape index (κ1) is 14.1. The largest absolute Gasteiger partial charge is 0.252 e. The van der Waals surface area contributed by atoms with E-state index in [4.69, 9.17) is 23.2 Å². The van der Waals surface area contributed by atoms with Crippen LogP contribution in [0.15, 0.2) is 14.1 Å². The molecule has 8 heteroatoms. The van der Waals surface area contributed by atoms with Crippen LogP contribution in [0.25, 0.3) is 0 Å². The van der Waals surface area contributed by atoms with Crippen LogP contribution in [-0.2, 0) is 10.0 Å². The van der Waals surface area contributed by atoms with Crippen LogP contribution in [0.1, 0.15) is 6.42 Å². The van der Waals surface area contributed by atoms with E-state index in [0.717, 1.165) is 17.8 Å². The van der Waals surface area contributed by atoms with Crippen molar-refractivity contribution in [1.82, 2.24) is 4.31 Å². The van der Waals surface area contributed by atoms with Gasteiger partial charge in [-0.25, -0.2) is 8.42 Å². The highest BCUT2D eigenvalue weighted by molar-refractivity contribution is 9.11. The molecule has 17 heavy (non-hydrogen) atoms. The Hall–Kier alpha value is 0.670. The van der Waals surface area contributed by atoms with Gasteiger partial charge in [0.2, 0.25) is 0 Å². The van der Waals surface area contributed by atoms with Gasteiger partial charge in [0.05, 0.1) is 8.81 Å². The van der Waals surface area contributed by atoms with Crippen molar-refractivity contribution in [3.05, 3.63) is 14.9 Å². The predicted octanol–water partition coefficient (Wildman–Crippen LogP) is 3.41. The van der Waals surface area contributed by atoms with Crippen LogP contribution in [0.5, 0.6) is 0 Å². The molecule has 1 fully saturated rings. The summed E-state index contributed by atoms with van der Waals surface area (Å²) in [6.45, 7) is 1.03. The van der Waals surface area contributed by atoms with Crippen molar-refractivity contribution in [1.29, 1.82) is 0 Å². The first-order valence-corrected chi connectivity index (χ1v) is 8.92.